The van der Waals surface area contributed by atoms with Crippen LogP contribution in [-0.4, -0.2) is 58.8 Å². The molecule has 2 amide bonds. The molecule has 0 unspecified atom stereocenters. The maximum Gasteiger partial charge on any atom is 0.255 e. The fraction of sp³-hybridized carbons (Fsp3) is 0.263. The van der Waals surface area contributed by atoms with Crippen LogP contribution in [0.2, 0.25) is 0 Å². The number of rotatable bonds is 6. The second-order valence-corrected chi connectivity index (χ2v) is 10.8. The van der Waals surface area contributed by atoms with Gasteiger partial charge >= 0.3 is 0 Å². The zero-order chi connectivity index (χ0) is 22.8. The van der Waals surface area contributed by atoms with E-state index in [9.17, 15) is 26.4 Å². The minimum Gasteiger partial charge on any atom is -0.354 e. The summed E-state index contributed by atoms with van der Waals surface area (Å²) in [6.45, 7) is 1.80. The molecule has 0 saturated carbocycles. The number of piperazine rings is 1. The molecule has 0 atom stereocenters. The van der Waals surface area contributed by atoms with Crippen LogP contribution in [0.5, 0.6) is 0 Å². The van der Waals surface area contributed by atoms with Gasteiger partial charge < -0.3 is 10.6 Å². The Morgan fingerprint density at radius 1 is 1.10 bits per heavy atom. The van der Waals surface area contributed by atoms with Crippen LogP contribution in [0.4, 0.5) is 11.4 Å². The maximum atomic E-state index is 12.8. The van der Waals surface area contributed by atoms with Gasteiger partial charge in [0.05, 0.1) is 23.4 Å². The van der Waals surface area contributed by atoms with Crippen molar-refractivity contribution >= 4 is 43.2 Å². The van der Waals surface area contributed by atoms with Crippen LogP contribution < -0.4 is 15.4 Å². The van der Waals surface area contributed by atoms with E-state index in [1.165, 1.54) is 30.3 Å². The Labute approximate surface area is 180 Å². The lowest BCUT2D eigenvalue weighted by molar-refractivity contribution is -0.122. The van der Waals surface area contributed by atoms with Crippen LogP contribution in [0.25, 0.3) is 0 Å². The molecule has 166 valence electrons. The SMILES string of the molecule is Cc1ccc(NC(=O)c2cccc(S(=O)(=O)N3CCNC(=O)C3)c2)cc1NS(C)(=O)=O. The average molecular weight is 467 g/mol. The van der Waals surface area contributed by atoms with E-state index in [1.54, 1.807) is 19.1 Å². The number of benzene rings is 2. The number of anilines is 2. The van der Waals surface area contributed by atoms with Crippen molar-refractivity contribution in [2.45, 2.75) is 11.8 Å². The fourth-order valence-corrected chi connectivity index (χ4v) is 5.04. The van der Waals surface area contributed by atoms with Gasteiger partial charge in [-0.25, -0.2) is 16.8 Å². The lowest BCUT2D eigenvalue weighted by Gasteiger charge is -2.26. The summed E-state index contributed by atoms with van der Waals surface area (Å²) in [4.78, 5) is 24.1. The summed E-state index contributed by atoms with van der Waals surface area (Å²) in [5.74, 6) is -0.954. The van der Waals surface area contributed by atoms with Gasteiger partial charge in [0.15, 0.2) is 0 Å². The van der Waals surface area contributed by atoms with Gasteiger partial charge in [-0.2, -0.15) is 4.31 Å². The zero-order valence-electron chi connectivity index (χ0n) is 16.9. The number of carbonyl (C=O) groups is 2. The second kappa shape index (κ2) is 8.65. The number of nitrogens with one attached hydrogen (secondary N) is 3. The number of amides is 2. The molecule has 0 spiro atoms. The Morgan fingerprint density at radius 3 is 2.52 bits per heavy atom. The van der Waals surface area contributed by atoms with Crippen molar-refractivity contribution in [2.75, 3.05) is 35.9 Å². The van der Waals surface area contributed by atoms with Gasteiger partial charge in [0.2, 0.25) is 26.0 Å². The van der Waals surface area contributed by atoms with Crippen LogP contribution in [0, 0.1) is 6.92 Å². The average Bonchev–Trinajstić information content (AvgIpc) is 2.69. The van der Waals surface area contributed by atoms with E-state index in [0.29, 0.717) is 16.9 Å². The summed E-state index contributed by atoms with van der Waals surface area (Å²) < 4.78 is 52.1. The van der Waals surface area contributed by atoms with E-state index in [1.807, 2.05) is 0 Å². The first kappa shape index (κ1) is 22.7. The van der Waals surface area contributed by atoms with Gasteiger partial charge in [-0.15, -0.1) is 0 Å². The smallest absolute Gasteiger partial charge is 0.255 e. The number of nitrogens with zero attached hydrogens (tertiary/aromatic N) is 1. The topological polar surface area (TPSA) is 142 Å². The minimum absolute atomic E-state index is 0.0979. The monoisotopic (exact) mass is 466 g/mol. The van der Waals surface area contributed by atoms with Crippen molar-refractivity contribution in [2.24, 2.45) is 0 Å². The molecule has 1 saturated heterocycles. The van der Waals surface area contributed by atoms with Gasteiger partial charge in [-0.1, -0.05) is 12.1 Å². The Kier molecular flexibility index (Phi) is 6.34. The quantitative estimate of drug-likeness (QED) is 0.573. The van der Waals surface area contributed by atoms with E-state index < -0.39 is 26.0 Å². The predicted molar refractivity (Wildman–Crippen MR) is 116 cm³/mol. The second-order valence-electron chi connectivity index (χ2n) is 7.07. The first-order chi connectivity index (χ1) is 14.5. The molecule has 10 nitrogen and oxygen atoms in total. The highest BCUT2D eigenvalue weighted by atomic mass is 32.2. The number of hydrogen-bond acceptors (Lipinski definition) is 6. The third-order valence-corrected chi connectivity index (χ3v) is 6.96. The van der Waals surface area contributed by atoms with Crippen molar-refractivity contribution in [1.29, 1.82) is 0 Å². The number of carbonyl (C=O) groups excluding carboxylic acids is 2. The molecule has 1 heterocycles. The molecular weight excluding hydrogens is 444 g/mol. The summed E-state index contributed by atoms with van der Waals surface area (Å²) in [6, 6.07) is 10.2. The van der Waals surface area contributed by atoms with Crippen molar-refractivity contribution in [3.8, 4) is 0 Å². The first-order valence-corrected chi connectivity index (χ1v) is 12.6. The van der Waals surface area contributed by atoms with E-state index in [4.69, 9.17) is 0 Å². The van der Waals surface area contributed by atoms with Gasteiger partial charge in [-0.05, 0) is 42.8 Å². The third kappa shape index (κ3) is 5.60. The van der Waals surface area contributed by atoms with E-state index in [-0.39, 0.29) is 36.0 Å². The molecule has 0 radical (unpaired) electrons. The number of hydrogen-bond donors (Lipinski definition) is 3. The van der Waals surface area contributed by atoms with Crippen molar-refractivity contribution in [3.05, 3.63) is 53.6 Å². The predicted octanol–water partition coefficient (Wildman–Crippen LogP) is 0.739. The van der Waals surface area contributed by atoms with E-state index >= 15 is 0 Å². The molecule has 31 heavy (non-hydrogen) atoms. The molecule has 2 aromatic carbocycles. The molecule has 0 aliphatic carbocycles. The first-order valence-electron chi connectivity index (χ1n) is 9.22. The highest BCUT2D eigenvalue weighted by molar-refractivity contribution is 7.92. The largest absolute Gasteiger partial charge is 0.354 e. The molecule has 3 rings (SSSR count). The van der Waals surface area contributed by atoms with Crippen molar-refractivity contribution < 1.29 is 26.4 Å². The summed E-state index contributed by atoms with van der Waals surface area (Å²) in [6.07, 6.45) is 1.02. The summed E-state index contributed by atoms with van der Waals surface area (Å²) in [5.41, 5.74) is 1.42. The Balaban J connectivity index is 1.82. The Morgan fingerprint density at radius 2 is 1.84 bits per heavy atom. The zero-order valence-corrected chi connectivity index (χ0v) is 18.5. The molecule has 2 aromatic rings. The highest BCUT2D eigenvalue weighted by Gasteiger charge is 2.29. The maximum absolute atomic E-state index is 12.8. The molecule has 0 bridgehead atoms. The standard InChI is InChI=1S/C19H22N4O6S2/c1-13-6-7-15(11-17(13)22-30(2,26)27)21-19(25)14-4-3-5-16(10-14)31(28,29)23-9-8-20-18(24)12-23/h3-7,10-11,22H,8-9,12H2,1-2H3,(H,20,24)(H,21,25). The normalized spacial score (nSPS) is 15.2. The minimum atomic E-state index is -3.94. The number of sulfonamides is 2. The molecule has 1 fully saturated rings. The van der Waals surface area contributed by atoms with Crippen LogP contribution >= 0.6 is 0 Å². The molecular formula is C19H22N4O6S2. The summed E-state index contributed by atoms with van der Waals surface area (Å²) >= 11 is 0. The molecule has 1 aliphatic rings. The van der Waals surface area contributed by atoms with Gasteiger partial charge in [0.25, 0.3) is 5.91 Å². The summed E-state index contributed by atoms with van der Waals surface area (Å²) in [7, 11) is -7.44. The number of aryl methyl sites for hydroxylation is 1. The van der Waals surface area contributed by atoms with Gasteiger partial charge in [-0.3, -0.25) is 14.3 Å². The Bertz CT molecular complexity index is 1240. The van der Waals surface area contributed by atoms with Gasteiger partial charge in [0.1, 0.15) is 0 Å². The van der Waals surface area contributed by atoms with Crippen LogP contribution in [0.3, 0.4) is 0 Å². The summed E-state index contributed by atoms with van der Waals surface area (Å²) in [5, 5.41) is 5.19. The lowest BCUT2D eigenvalue weighted by atomic mass is 10.1. The fourth-order valence-electron chi connectivity index (χ4n) is 2.98. The van der Waals surface area contributed by atoms with Crippen LogP contribution in [0.15, 0.2) is 47.4 Å². The highest BCUT2D eigenvalue weighted by Crippen LogP contribution is 2.23. The molecule has 1 aliphatic heterocycles. The van der Waals surface area contributed by atoms with Crippen molar-refractivity contribution in [3.63, 3.8) is 0 Å². The Hall–Kier alpha value is -2.96. The van der Waals surface area contributed by atoms with Crippen LogP contribution in [-0.2, 0) is 24.8 Å². The van der Waals surface area contributed by atoms with Crippen molar-refractivity contribution in [1.82, 2.24) is 9.62 Å². The lowest BCUT2D eigenvalue weighted by Crippen LogP contribution is -2.49. The molecule has 3 N–H and O–H groups in total. The van der Waals surface area contributed by atoms with Gasteiger partial charge in [0, 0.05) is 24.3 Å². The molecule has 12 heteroatoms. The molecule has 0 aromatic heterocycles. The third-order valence-electron chi connectivity index (χ3n) is 4.53. The van der Waals surface area contributed by atoms with Crippen LogP contribution in [0.1, 0.15) is 15.9 Å². The van der Waals surface area contributed by atoms with E-state index in [2.05, 4.69) is 15.4 Å². The van der Waals surface area contributed by atoms with E-state index in [0.717, 1.165) is 10.6 Å².